The van der Waals surface area contributed by atoms with Crippen molar-refractivity contribution in [3.63, 3.8) is 0 Å². The topological polar surface area (TPSA) is 56.3 Å². The second kappa shape index (κ2) is 6.23. The Morgan fingerprint density at radius 2 is 1.95 bits per heavy atom. The number of benzene rings is 1. The first kappa shape index (κ1) is 14.1. The Labute approximate surface area is 119 Å². The van der Waals surface area contributed by atoms with Gasteiger partial charge in [-0.2, -0.15) is 0 Å². The highest BCUT2D eigenvalue weighted by molar-refractivity contribution is 5.74. The molecule has 5 heteroatoms. The van der Waals surface area contributed by atoms with Gasteiger partial charge in [0.25, 0.3) is 0 Å². The van der Waals surface area contributed by atoms with Gasteiger partial charge >= 0.3 is 0 Å². The van der Waals surface area contributed by atoms with Crippen LogP contribution in [0, 0.1) is 6.92 Å². The molecule has 0 radical (unpaired) electrons. The first-order valence-electron chi connectivity index (χ1n) is 6.49. The van der Waals surface area contributed by atoms with Crippen LogP contribution in [0.2, 0.25) is 0 Å². The first-order valence-corrected chi connectivity index (χ1v) is 6.49. The van der Waals surface area contributed by atoms with E-state index in [0.717, 1.165) is 40.7 Å². The summed E-state index contributed by atoms with van der Waals surface area (Å²) in [5.41, 5.74) is 2.72. The third-order valence-electron chi connectivity index (χ3n) is 3.09. The summed E-state index contributed by atoms with van der Waals surface area (Å²) < 4.78 is 10.7. The molecule has 106 valence electrons. The Bertz CT molecular complexity index is 600. The quantitative estimate of drug-likeness (QED) is 0.907. The Morgan fingerprint density at radius 1 is 1.15 bits per heavy atom. The molecule has 0 fully saturated rings. The molecule has 0 spiro atoms. The third kappa shape index (κ3) is 2.66. The Hall–Kier alpha value is -2.30. The molecule has 0 aliphatic heterocycles. The van der Waals surface area contributed by atoms with E-state index in [-0.39, 0.29) is 0 Å². The molecule has 1 N–H and O–H groups in total. The van der Waals surface area contributed by atoms with Gasteiger partial charge in [-0.15, -0.1) is 0 Å². The van der Waals surface area contributed by atoms with E-state index in [9.17, 15) is 0 Å². The van der Waals surface area contributed by atoms with Gasteiger partial charge in [0, 0.05) is 17.7 Å². The number of rotatable bonds is 5. The number of anilines is 1. The van der Waals surface area contributed by atoms with Crippen molar-refractivity contribution >= 4 is 5.82 Å². The second-order valence-corrected chi connectivity index (χ2v) is 4.29. The Kier molecular flexibility index (Phi) is 4.40. The summed E-state index contributed by atoms with van der Waals surface area (Å²) in [4.78, 5) is 8.65. The highest BCUT2D eigenvalue weighted by Gasteiger charge is 2.14. The van der Waals surface area contributed by atoms with Crippen molar-refractivity contribution in [1.29, 1.82) is 0 Å². The standard InChI is InChI=1S/C15H19N3O2/c1-5-16-15-10(2)14(17-9-18-15)12-8-11(19-3)6-7-13(12)20-4/h6-9H,5H2,1-4H3,(H,16,17,18). The molecule has 0 saturated heterocycles. The maximum Gasteiger partial charge on any atom is 0.132 e. The van der Waals surface area contributed by atoms with Crippen LogP contribution in [0.15, 0.2) is 24.5 Å². The number of aromatic nitrogens is 2. The lowest BCUT2D eigenvalue weighted by Gasteiger charge is -2.14. The first-order chi connectivity index (χ1) is 9.71. The second-order valence-electron chi connectivity index (χ2n) is 4.29. The minimum atomic E-state index is 0.759. The highest BCUT2D eigenvalue weighted by atomic mass is 16.5. The van der Waals surface area contributed by atoms with Crippen molar-refractivity contribution < 1.29 is 9.47 Å². The average molecular weight is 273 g/mol. The summed E-state index contributed by atoms with van der Waals surface area (Å²) in [6, 6.07) is 5.66. The summed E-state index contributed by atoms with van der Waals surface area (Å²) in [5.74, 6) is 2.36. The molecular weight excluding hydrogens is 254 g/mol. The molecule has 0 aliphatic rings. The van der Waals surface area contributed by atoms with Crippen LogP contribution in [-0.4, -0.2) is 30.7 Å². The molecule has 5 nitrogen and oxygen atoms in total. The van der Waals surface area contributed by atoms with E-state index >= 15 is 0 Å². The summed E-state index contributed by atoms with van der Waals surface area (Å²) in [6.45, 7) is 4.84. The summed E-state index contributed by atoms with van der Waals surface area (Å²) >= 11 is 0. The molecule has 0 saturated carbocycles. The lowest BCUT2D eigenvalue weighted by atomic mass is 10.1. The van der Waals surface area contributed by atoms with Crippen molar-refractivity contribution in [2.24, 2.45) is 0 Å². The molecule has 0 amide bonds. The van der Waals surface area contributed by atoms with Gasteiger partial charge in [-0.3, -0.25) is 0 Å². The third-order valence-corrected chi connectivity index (χ3v) is 3.09. The van der Waals surface area contributed by atoms with Gasteiger partial charge in [-0.25, -0.2) is 9.97 Å². The SMILES string of the molecule is CCNc1ncnc(-c2cc(OC)ccc2OC)c1C. The summed E-state index contributed by atoms with van der Waals surface area (Å²) in [6.07, 6.45) is 1.55. The zero-order valence-corrected chi connectivity index (χ0v) is 12.2. The molecule has 1 heterocycles. The maximum absolute atomic E-state index is 5.42. The van der Waals surface area contributed by atoms with E-state index < -0.39 is 0 Å². The molecule has 2 aromatic rings. The maximum atomic E-state index is 5.42. The van der Waals surface area contributed by atoms with Crippen molar-refractivity contribution in [3.8, 4) is 22.8 Å². The van der Waals surface area contributed by atoms with Crippen molar-refractivity contribution in [2.45, 2.75) is 13.8 Å². The number of hydrogen-bond donors (Lipinski definition) is 1. The average Bonchev–Trinajstić information content (AvgIpc) is 2.49. The molecule has 20 heavy (non-hydrogen) atoms. The van der Waals surface area contributed by atoms with Gasteiger partial charge in [0.1, 0.15) is 23.6 Å². The van der Waals surface area contributed by atoms with Crippen LogP contribution in [0.4, 0.5) is 5.82 Å². The van der Waals surface area contributed by atoms with Gasteiger partial charge in [0.2, 0.25) is 0 Å². The van der Waals surface area contributed by atoms with Crippen LogP contribution >= 0.6 is 0 Å². The van der Waals surface area contributed by atoms with Crippen LogP contribution in [-0.2, 0) is 0 Å². The summed E-state index contributed by atoms with van der Waals surface area (Å²) in [7, 11) is 3.29. The van der Waals surface area contributed by atoms with Gasteiger partial charge in [-0.05, 0) is 32.0 Å². The van der Waals surface area contributed by atoms with Crippen LogP contribution in [0.3, 0.4) is 0 Å². The molecule has 1 aromatic heterocycles. The molecular formula is C15H19N3O2. The smallest absolute Gasteiger partial charge is 0.132 e. The minimum absolute atomic E-state index is 0.759. The van der Waals surface area contributed by atoms with E-state index in [1.54, 1.807) is 20.5 Å². The van der Waals surface area contributed by atoms with Crippen LogP contribution < -0.4 is 14.8 Å². The van der Waals surface area contributed by atoms with Crippen LogP contribution in [0.1, 0.15) is 12.5 Å². The van der Waals surface area contributed by atoms with Crippen molar-refractivity contribution in [1.82, 2.24) is 9.97 Å². The van der Waals surface area contributed by atoms with Gasteiger partial charge < -0.3 is 14.8 Å². The Balaban J connectivity index is 2.58. The Morgan fingerprint density at radius 3 is 2.60 bits per heavy atom. The zero-order chi connectivity index (χ0) is 14.5. The fraction of sp³-hybridized carbons (Fsp3) is 0.333. The largest absolute Gasteiger partial charge is 0.497 e. The van der Waals surface area contributed by atoms with E-state index in [4.69, 9.17) is 9.47 Å². The summed E-state index contributed by atoms with van der Waals surface area (Å²) in [5, 5.41) is 3.23. The monoisotopic (exact) mass is 273 g/mol. The lowest BCUT2D eigenvalue weighted by Crippen LogP contribution is -2.04. The van der Waals surface area contributed by atoms with Crippen molar-refractivity contribution in [2.75, 3.05) is 26.1 Å². The molecule has 0 aliphatic carbocycles. The predicted molar refractivity (Wildman–Crippen MR) is 79.5 cm³/mol. The highest BCUT2D eigenvalue weighted by Crippen LogP contribution is 2.35. The van der Waals surface area contributed by atoms with E-state index in [1.807, 2.05) is 32.0 Å². The number of methoxy groups -OCH3 is 2. The predicted octanol–water partition coefficient (Wildman–Crippen LogP) is 2.90. The van der Waals surface area contributed by atoms with Crippen LogP contribution in [0.5, 0.6) is 11.5 Å². The number of ether oxygens (including phenoxy) is 2. The number of hydrogen-bond acceptors (Lipinski definition) is 5. The fourth-order valence-electron chi connectivity index (χ4n) is 2.07. The number of nitrogens with zero attached hydrogens (tertiary/aromatic N) is 2. The van der Waals surface area contributed by atoms with Gasteiger partial charge in [0.05, 0.1) is 19.9 Å². The van der Waals surface area contributed by atoms with Crippen molar-refractivity contribution in [3.05, 3.63) is 30.1 Å². The lowest BCUT2D eigenvalue weighted by molar-refractivity contribution is 0.404. The number of nitrogens with one attached hydrogen (secondary N) is 1. The molecule has 0 unspecified atom stereocenters. The molecule has 1 aromatic carbocycles. The van der Waals surface area contributed by atoms with E-state index in [0.29, 0.717) is 0 Å². The van der Waals surface area contributed by atoms with Crippen LogP contribution in [0.25, 0.3) is 11.3 Å². The molecule has 0 atom stereocenters. The van der Waals surface area contributed by atoms with Gasteiger partial charge in [0.15, 0.2) is 0 Å². The molecule has 0 bridgehead atoms. The molecule has 2 rings (SSSR count). The normalized spacial score (nSPS) is 10.2. The minimum Gasteiger partial charge on any atom is -0.497 e. The van der Waals surface area contributed by atoms with E-state index in [2.05, 4.69) is 15.3 Å². The van der Waals surface area contributed by atoms with E-state index in [1.165, 1.54) is 0 Å². The zero-order valence-electron chi connectivity index (χ0n) is 12.2. The van der Waals surface area contributed by atoms with Gasteiger partial charge in [-0.1, -0.05) is 0 Å². The fourth-order valence-corrected chi connectivity index (χ4v) is 2.07.